The van der Waals surface area contributed by atoms with Crippen molar-refractivity contribution in [3.05, 3.63) is 81.6 Å². The minimum Gasteiger partial charge on any atom is -0.451 e. The summed E-state index contributed by atoms with van der Waals surface area (Å²) in [4.78, 5) is 25.3. The Morgan fingerprint density at radius 3 is 2.18 bits per heavy atom. The van der Waals surface area contributed by atoms with Gasteiger partial charge in [-0.25, -0.2) is 13.6 Å². The van der Waals surface area contributed by atoms with E-state index in [2.05, 4.69) is 4.74 Å². The molecule has 3 aromatic rings. The van der Waals surface area contributed by atoms with Crippen molar-refractivity contribution in [3.8, 4) is 11.4 Å². The number of hydrogen-bond donors (Lipinski definition) is 0. The Bertz CT molecular complexity index is 1210. The first kappa shape index (κ1) is 24.3. The number of aryl methyl sites for hydroxylation is 1. The number of esters is 1. The summed E-state index contributed by atoms with van der Waals surface area (Å²) in [5.41, 5.74) is 1.64. The molecule has 174 valence electrons. The van der Waals surface area contributed by atoms with Crippen molar-refractivity contribution in [1.29, 1.82) is 0 Å². The van der Waals surface area contributed by atoms with Crippen LogP contribution in [0.5, 0.6) is 5.75 Å². The van der Waals surface area contributed by atoms with Crippen LogP contribution in [-0.2, 0) is 4.74 Å². The van der Waals surface area contributed by atoms with Crippen LogP contribution in [0.2, 0.25) is 5.02 Å². The number of benzene rings is 2. The van der Waals surface area contributed by atoms with Crippen LogP contribution in [0.4, 0.5) is 17.6 Å². The molecule has 3 rings (SSSR count). The predicted molar refractivity (Wildman–Crippen MR) is 112 cm³/mol. The van der Waals surface area contributed by atoms with Crippen LogP contribution in [0.15, 0.2) is 42.5 Å². The van der Waals surface area contributed by atoms with Gasteiger partial charge in [0.15, 0.2) is 17.7 Å². The smallest absolute Gasteiger partial charge is 0.387 e. The molecule has 10 heteroatoms. The van der Waals surface area contributed by atoms with Gasteiger partial charge < -0.3 is 14.0 Å². The van der Waals surface area contributed by atoms with Gasteiger partial charge in [0, 0.05) is 22.6 Å². The zero-order valence-corrected chi connectivity index (χ0v) is 18.4. The lowest BCUT2D eigenvalue weighted by molar-refractivity contribution is -0.0498. The minimum atomic E-state index is -2.94. The van der Waals surface area contributed by atoms with Crippen LogP contribution in [-0.4, -0.2) is 29.0 Å². The number of carbonyl (C=O) groups is 2. The van der Waals surface area contributed by atoms with Crippen LogP contribution in [0, 0.1) is 25.5 Å². The summed E-state index contributed by atoms with van der Waals surface area (Å²) in [6.07, 6.45) is -1.25. The number of ketones is 1. The lowest BCUT2D eigenvalue weighted by Crippen LogP contribution is -2.25. The molecule has 1 unspecified atom stereocenters. The number of Topliss-reactive ketones (excluding diaryl/α,β-unsaturated/α-hetero) is 1. The monoisotopic (exact) mass is 483 g/mol. The van der Waals surface area contributed by atoms with Gasteiger partial charge in [0.1, 0.15) is 5.75 Å². The van der Waals surface area contributed by atoms with Crippen LogP contribution >= 0.6 is 11.6 Å². The summed E-state index contributed by atoms with van der Waals surface area (Å²) in [7, 11) is 0. The van der Waals surface area contributed by atoms with Gasteiger partial charge in [-0.3, -0.25) is 4.79 Å². The summed E-state index contributed by atoms with van der Waals surface area (Å²) >= 11 is 5.79. The Morgan fingerprint density at radius 2 is 1.58 bits per heavy atom. The second-order valence-electron chi connectivity index (χ2n) is 7.15. The summed E-state index contributed by atoms with van der Waals surface area (Å²) in [5, 5.41) is -0.351. The highest BCUT2D eigenvalue weighted by molar-refractivity contribution is 6.33. The molecule has 0 saturated carbocycles. The largest absolute Gasteiger partial charge is 0.451 e. The number of alkyl halides is 2. The fourth-order valence-electron chi connectivity index (χ4n) is 3.36. The molecule has 1 aromatic heterocycles. The first-order valence-electron chi connectivity index (χ1n) is 9.63. The lowest BCUT2D eigenvalue weighted by atomic mass is 10.1. The van der Waals surface area contributed by atoms with Gasteiger partial charge in [0.25, 0.3) is 0 Å². The number of nitrogens with zero attached hydrogens (tertiary/aromatic N) is 1. The molecule has 0 radical (unpaired) electrons. The van der Waals surface area contributed by atoms with Crippen LogP contribution < -0.4 is 4.74 Å². The van der Waals surface area contributed by atoms with Crippen molar-refractivity contribution in [1.82, 2.24) is 4.57 Å². The highest BCUT2D eigenvalue weighted by Crippen LogP contribution is 2.26. The number of ether oxygens (including phenoxy) is 2. The minimum absolute atomic E-state index is 0.0102. The summed E-state index contributed by atoms with van der Waals surface area (Å²) in [6, 6.07) is 8.70. The molecule has 1 heterocycles. The second kappa shape index (κ2) is 9.66. The van der Waals surface area contributed by atoms with Gasteiger partial charge in [-0.1, -0.05) is 11.6 Å². The molecule has 2 aromatic carbocycles. The molecule has 1 atom stereocenters. The van der Waals surface area contributed by atoms with E-state index in [0.717, 1.165) is 0 Å². The van der Waals surface area contributed by atoms with Crippen LogP contribution in [0.25, 0.3) is 5.69 Å². The molecule has 0 aliphatic rings. The topological polar surface area (TPSA) is 57.5 Å². The Morgan fingerprint density at radius 1 is 0.970 bits per heavy atom. The van der Waals surface area contributed by atoms with Crippen molar-refractivity contribution >= 4 is 23.4 Å². The van der Waals surface area contributed by atoms with E-state index in [1.165, 1.54) is 19.1 Å². The Kier molecular flexibility index (Phi) is 7.12. The van der Waals surface area contributed by atoms with Crippen molar-refractivity contribution in [3.63, 3.8) is 0 Å². The van der Waals surface area contributed by atoms with Crippen molar-refractivity contribution < 1.29 is 36.6 Å². The van der Waals surface area contributed by atoms with E-state index >= 15 is 0 Å². The average Bonchev–Trinajstić information content (AvgIpc) is 3.04. The molecule has 33 heavy (non-hydrogen) atoms. The molecule has 5 nitrogen and oxygen atoms in total. The normalized spacial score (nSPS) is 12.0. The summed E-state index contributed by atoms with van der Waals surface area (Å²) in [6.45, 7) is 1.81. The molecule has 0 N–H and O–H groups in total. The molecule has 0 bridgehead atoms. The first-order chi connectivity index (χ1) is 15.5. The average molecular weight is 484 g/mol. The fraction of sp³-hybridized carbons (Fsp3) is 0.217. The van der Waals surface area contributed by atoms with E-state index in [0.29, 0.717) is 29.2 Å². The SMILES string of the molecule is Cc1cc(C(=O)C(C)OC(=O)c2cc(F)c(F)cc2Cl)c(C)n1-c1ccc(OC(F)F)cc1. The maximum Gasteiger partial charge on any atom is 0.387 e. The van der Waals surface area contributed by atoms with Gasteiger partial charge in [-0.05, 0) is 63.2 Å². The van der Waals surface area contributed by atoms with E-state index in [4.69, 9.17) is 16.3 Å². The first-order valence-corrected chi connectivity index (χ1v) is 10.0. The van der Waals surface area contributed by atoms with Crippen molar-refractivity contribution in [2.24, 2.45) is 0 Å². The van der Waals surface area contributed by atoms with Gasteiger partial charge in [0.2, 0.25) is 5.78 Å². The highest BCUT2D eigenvalue weighted by Gasteiger charge is 2.26. The molecule has 0 amide bonds. The van der Waals surface area contributed by atoms with Gasteiger partial charge in [-0.2, -0.15) is 8.78 Å². The van der Waals surface area contributed by atoms with E-state index in [1.807, 2.05) is 0 Å². The Labute approximate surface area is 191 Å². The zero-order chi connectivity index (χ0) is 24.4. The van der Waals surface area contributed by atoms with E-state index in [9.17, 15) is 27.2 Å². The van der Waals surface area contributed by atoms with E-state index in [-0.39, 0.29) is 16.3 Å². The number of aromatic nitrogens is 1. The fourth-order valence-corrected chi connectivity index (χ4v) is 3.59. The predicted octanol–water partition coefficient (Wildman–Crippen LogP) is 6.06. The van der Waals surface area contributed by atoms with E-state index < -0.39 is 41.7 Å². The van der Waals surface area contributed by atoms with E-state index in [1.54, 1.807) is 36.6 Å². The van der Waals surface area contributed by atoms with Gasteiger partial charge >= 0.3 is 12.6 Å². The van der Waals surface area contributed by atoms with Gasteiger partial charge in [0.05, 0.1) is 10.6 Å². The molecule has 0 aliphatic heterocycles. The maximum atomic E-state index is 13.5. The van der Waals surface area contributed by atoms with Crippen molar-refractivity contribution in [2.75, 3.05) is 0 Å². The summed E-state index contributed by atoms with van der Waals surface area (Å²) < 4.78 is 62.6. The third kappa shape index (κ3) is 5.19. The van der Waals surface area contributed by atoms with Crippen LogP contribution in [0.3, 0.4) is 0 Å². The highest BCUT2D eigenvalue weighted by atomic mass is 35.5. The molecule has 0 spiro atoms. The number of rotatable bonds is 7. The zero-order valence-electron chi connectivity index (χ0n) is 17.7. The Balaban J connectivity index is 1.82. The number of carbonyl (C=O) groups excluding carboxylic acids is 2. The molecule has 0 fully saturated rings. The maximum absolute atomic E-state index is 13.5. The number of hydrogen-bond acceptors (Lipinski definition) is 4. The third-order valence-electron chi connectivity index (χ3n) is 4.90. The van der Waals surface area contributed by atoms with Crippen LogP contribution in [0.1, 0.15) is 39.0 Å². The molecule has 0 aliphatic carbocycles. The Hall–Kier alpha value is -3.33. The molecular weight excluding hydrogens is 466 g/mol. The molecular formula is C23H18ClF4NO4. The summed E-state index contributed by atoms with van der Waals surface area (Å²) in [5.74, 6) is -4.12. The van der Waals surface area contributed by atoms with Gasteiger partial charge in [-0.15, -0.1) is 0 Å². The lowest BCUT2D eigenvalue weighted by Gasteiger charge is -2.14. The standard InChI is InChI=1S/C23H18ClF4NO4/c1-11-8-16(12(2)29(11)14-4-6-15(7-5-14)33-23(27)28)21(30)13(3)32-22(31)17-9-19(25)20(26)10-18(17)24/h4-10,13,23H,1-3H3. The number of halogens is 5. The second-order valence-corrected chi connectivity index (χ2v) is 7.56. The third-order valence-corrected chi connectivity index (χ3v) is 5.21. The molecule has 0 saturated heterocycles. The van der Waals surface area contributed by atoms with Crippen molar-refractivity contribution in [2.45, 2.75) is 33.5 Å². The quantitative estimate of drug-likeness (QED) is 0.177.